The average Bonchev–Trinajstić information content (AvgIpc) is 2.53. The molecule has 0 radical (unpaired) electrons. The summed E-state index contributed by atoms with van der Waals surface area (Å²) in [7, 11) is 1.69. The third kappa shape index (κ3) is 2.61. The highest BCUT2D eigenvalue weighted by molar-refractivity contribution is 5.71. The Hall–Kier alpha value is -2.44. The minimum absolute atomic E-state index is 0.903. The van der Waals surface area contributed by atoms with Gasteiger partial charge >= 0.3 is 0 Å². The smallest absolute Gasteiger partial charge is 0.118 e. The van der Waals surface area contributed by atoms with E-state index in [4.69, 9.17) is 4.74 Å². The Morgan fingerprint density at radius 2 is 1.85 bits per heavy atom. The van der Waals surface area contributed by atoms with Gasteiger partial charge in [0.25, 0.3) is 0 Å². The Labute approximate surface area is 119 Å². The van der Waals surface area contributed by atoms with E-state index in [1.54, 1.807) is 7.11 Å². The predicted molar refractivity (Wildman–Crippen MR) is 83.0 cm³/mol. The lowest BCUT2D eigenvalue weighted by Gasteiger charge is -2.23. The van der Waals surface area contributed by atoms with Gasteiger partial charge in [-0.05, 0) is 36.3 Å². The number of methoxy groups -OCH3 is 1. The van der Waals surface area contributed by atoms with Crippen LogP contribution in [0.3, 0.4) is 0 Å². The van der Waals surface area contributed by atoms with E-state index < -0.39 is 0 Å². The van der Waals surface area contributed by atoms with E-state index >= 15 is 0 Å². The van der Waals surface area contributed by atoms with E-state index in [0.717, 1.165) is 18.7 Å². The second-order valence-electron chi connectivity index (χ2n) is 4.79. The first kappa shape index (κ1) is 12.6. The Morgan fingerprint density at radius 3 is 2.65 bits per heavy atom. The topological polar surface area (TPSA) is 12.5 Å². The zero-order valence-corrected chi connectivity index (χ0v) is 11.5. The van der Waals surface area contributed by atoms with Gasteiger partial charge in [0, 0.05) is 24.0 Å². The monoisotopic (exact) mass is 263 g/mol. The van der Waals surface area contributed by atoms with Gasteiger partial charge in [0.15, 0.2) is 0 Å². The predicted octanol–water partition coefficient (Wildman–Crippen LogP) is 3.88. The van der Waals surface area contributed by atoms with Crippen LogP contribution in [0.2, 0.25) is 0 Å². The van der Waals surface area contributed by atoms with E-state index in [0.29, 0.717) is 0 Å². The van der Waals surface area contributed by atoms with Crippen molar-refractivity contribution in [3.05, 3.63) is 71.6 Å². The molecule has 100 valence electrons. The summed E-state index contributed by atoms with van der Waals surface area (Å²) >= 11 is 0. The fourth-order valence-corrected chi connectivity index (χ4v) is 2.38. The quantitative estimate of drug-likeness (QED) is 0.776. The van der Waals surface area contributed by atoms with Gasteiger partial charge in [0.2, 0.25) is 0 Å². The molecule has 0 saturated carbocycles. The molecule has 0 saturated heterocycles. The molecule has 0 bridgehead atoms. The third-order valence-electron chi connectivity index (χ3n) is 3.52. The molecule has 3 rings (SSSR count). The molecular formula is C18H17NO. The van der Waals surface area contributed by atoms with Gasteiger partial charge < -0.3 is 9.64 Å². The van der Waals surface area contributed by atoms with Crippen LogP contribution in [0, 0.1) is 0 Å². The summed E-state index contributed by atoms with van der Waals surface area (Å²) in [6.45, 7) is 0.949. The number of nitrogens with zero attached hydrogens (tertiary/aromatic N) is 1. The standard InChI is InChI=1S/C18H17NO/c1-20-17-10-8-15(9-11-17)12-14-19-13-4-6-16-5-2-3-7-18(16)19/h2-3,5-11,13H,12,14H2,1H3. The molecule has 1 aliphatic rings. The number of fused-ring (bicyclic) bond motifs is 1. The SMILES string of the molecule is COc1ccc(CCN2C=C=Cc3ccccc32)cc1. The maximum Gasteiger partial charge on any atom is 0.118 e. The lowest BCUT2D eigenvalue weighted by atomic mass is 10.1. The van der Waals surface area contributed by atoms with Crippen LogP contribution >= 0.6 is 0 Å². The molecule has 0 spiro atoms. The van der Waals surface area contributed by atoms with Crippen molar-refractivity contribution < 1.29 is 4.74 Å². The van der Waals surface area contributed by atoms with Gasteiger partial charge in [0.1, 0.15) is 5.75 Å². The van der Waals surface area contributed by atoms with Crippen molar-refractivity contribution in [2.75, 3.05) is 18.6 Å². The van der Waals surface area contributed by atoms with Gasteiger partial charge in [0.05, 0.1) is 7.11 Å². The van der Waals surface area contributed by atoms with Gasteiger partial charge in [-0.25, -0.2) is 0 Å². The number of anilines is 1. The Morgan fingerprint density at radius 1 is 1.05 bits per heavy atom. The van der Waals surface area contributed by atoms with E-state index in [-0.39, 0.29) is 0 Å². The average molecular weight is 263 g/mol. The maximum absolute atomic E-state index is 5.18. The van der Waals surface area contributed by atoms with Crippen LogP contribution in [0.15, 0.2) is 60.5 Å². The first-order valence-corrected chi connectivity index (χ1v) is 6.78. The van der Waals surface area contributed by atoms with Gasteiger partial charge in [-0.15, -0.1) is 5.73 Å². The van der Waals surface area contributed by atoms with Crippen molar-refractivity contribution in [1.29, 1.82) is 0 Å². The first-order chi connectivity index (χ1) is 9.86. The summed E-state index contributed by atoms with van der Waals surface area (Å²) in [5.41, 5.74) is 6.99. The highest BCUT2D eigenvalue weighted by Crippen LogP contribution is 2.24. The molecule has 1 aliphatic heterocycles. The van der Waals surface area contributed by atoms with E-state index in [2.05, 4.69) is 47.0 Å². The highest BCUT2D eigenvalue weighted by atomic mass is 16.5. The zero-order valence-electron chi connectivity index (χ0n) is 11.5. The zero-order chi connectivity index (χ0) is 13.8. The minimum atomic E-state index is 0.903. The molecule has 2 heteroatoms. The molecule has 0 unspecified atom stereocenters. The van der Waals surface area contributed by atoms with Crippen LogP contribution in [0.25, 0.3) is 6.08 Å². The summed E-state index contributed by atoms with van der Waals surface area (Å²) < 4.78 is 5.18. The van der Waals surface area contributed by atoms with Crippen LogP contribution in [-0.2, 0) is 6.42 Å². The summed E-state index contributed by atoms with van der Waals surface area (Å²) in [5.74, 6) is 0.903. The van der Waals surface area contributed by atoms with Crippen molar-refractivity contribution in [2.24, 2.45) is 0 Å². The molecule has 1 heterocycles. The molecule has 0 amide bonds. The Bertz CT molecular complexity index is 651. The minimum Gasteiger partial charge on any atom is -0.497 e. The van der Waals surface area contributed by atoms with E-state index in [1.165, 1.54) is 16.8 Å². The number of para-hydroxylation sites is 1. The van der Waals surface area contributed by atoms with E-state index in [9.17, 15) is 0 Å². The van der Waals surface area contributed by atoms with E-state index in [1.807, 2.05) is 24.4 Å². The summed E-state index contributed by atoms with van der Waals surface area (Å²) in [6.07, 6.45) is 5.04. The van der Waals surface area contributed by atoms with Gasteiger partial charge in [-0.3, -0.25) is 0 Å². The summed E-state index contributed by atoms with van der Waals surface area (Å²) in [5, 5.41) is 0. The Kier molecular flexibility index (Phi) is 3.58. The maximum atomic E-state index is 5.18. The normalized spacial score (nSPS) is 12.3. The molecule has 2 aromatic carbocycles. The van der Waals surface area contributed by atoms with Crippen molar-refractivity contribution in [3.63, 3.8) is 0 Å². The van der Waals surface area contributed by atoms with Crippen molar-refractivity contribution in [3.8, 4) is 5.75 Å². The number of rotatable bonds is 4. The van der Waals surface area contributed by atoms with Crippen molar-refractivity contribution in [2.45, 2.75) is 6.42 Å². The summed E-state index contributed by atoms with van der Waals surface area (Å²) in [6, 6.07) is 16.7. The molecule has 2 nitrogen and oxygen atoms in total. The highest BCUT2D eigenvalue weighted by Gasteiger charge is 2.09. The molecule has 0 aromatic heterocycles. The number of hydrogen-bond acceptors (Lipinski definition) is 2. The van der Waals surface area contributed by atoms with Crippen molar-refractivity contribution >= 4 is 11.8 Å². The largest absolute Gasteiger partial charge is 0.497 e. The van der Waals surface area contributed by atoms with Gasteiger partial charge in [-0.2, -0.15) is 0 Å². The fourth-order valence-electron chi connectivity index (χ4n) is 2.38. The van der Waals surface area contributed by atoms with Crippen LogP contribution in [-0.4, -0.2) is 13.7 Å². The molecular weight excluding hydrogens is 246 g/mol. The second kappa shape index (κ2) is 5.68. The first-order valence-electron chi connectivity index (χ1n) is 6.78. The molecule has 2 aromatic rings. The molecule has 0 N–H and O–H groups in total. The summed E-state index contributed by atoms with van der Waals surface area (Å²) in [4.78, 5) is 2.25. The molecule has 0 fully saturated rings. The number of ether oxygens (including phenoxy) is 1. The van der Waals surface area contributed by atoms with Crippen molar-refractivity contribution in [1.82, 2.24) is 0 Å². The Balaban J connectivity index is 1.71. The van der Waals surface area contributed by atoms with Crippen LogP contribution in [0.1, 0.15) is 11.1 Å². The van der Waals surface area contributed by atoms with Crippen LogP contribution in [0.5, 0.6) is 5.75 Å². The number of hydrogen-bond donors (Lipinski definition) is 0. The van der Waals surface area contributed by atoms with Crippen LogP contribution in [0.4, 0.5) is 5.69 Å². The third-order valence-corrected chi connectivity index (χ3v) is 3.52. The lowest BCUT2D eigenvalue weighted by Crippen LogP contribution is -2.20. The lowest BCUT2D eigenvalue weighted by molar-refractivity contribution is 0.414. The number of benzene rings is 2. The molecule has 0 aliphatic carbocycles. The fraction of sp³-hybridized carbons (Fsp3) is 0.167. The molecule has 0 atom stereocenters. The van der Waals surface area contributed by atoms with Crippen LogP contribution < -0.4 is 9.64 Å². The molecule has 20 heavy (non-hydrogen) atoms. The van der Waals surface area contributed by atoms with Gasteiger partial charge in [-0.1, -0.05) is 30.3 Å². The second-order valence-corrected chi connectivity index (χ2v) is 4.79.